The molecule has 0 aromatic heterocycles. The number of aliphatic hydroxyl groups is 2. The van der Waals surface area contributed by atoms with Gasteiger partial charge in [-0.2, -0.15) is 0 Å². The van der Waals surface area contributed by atoms with Gasteiger partial charge in [0.05, 0.1) is 13.2 Å². The van der Waals surface area contributed by atoms with E-state index in [9.17, 15) is 9.59 Å². The number of unbranched alkanes of at least 4 members (excludes halogenated alkanes) is 2. The summed E-state index contributed by atoms with van der Waals surface area (Å²) < 4.78 is 10.5. The summed E-state index contributed by atoms with van der Waals surface area (Å²) in [5.74, 6) is -0.977. The van der Waals surface area contributed by atoms with Crippen LogP contribution in [0.1, 0.15) is 57.8 Å². The highest BCUT2D eigenvalue weighted by atomic mass is 16.6. The van der Waals surface area contributed by atoms with Gasteiger partial charge in [-0.3, -0.25) is 9.59 Å². The molecule has 1 saturated carbocycles. The Bertz CT molecular complexity index is 310. The van der Waals surface area contributed by atoms with Gasteiger partial charge >= 0.3 is 11.9 Å². The van der Waals surface area contributed by atoms with E-state index in [1.165, 1.54) is 0 Å². The molecule has 0 aromatic rings. The summed E-state index contributed by atoms with van der Waals surface area (Å²) in [5, 5.41) is 17.5. The highest BCUT2D eigenvalue weighted by Crippen LogP contribution is 2.39. The number of esters is 2. The van der Waals surface area contributed by atoms with Crippen molar-refractivity contribution in [2.75, 3.05) is 26.4 Å². The van der Waals surface area contributed by atoms with Gasteiger partial charge in [0.2, 0.25) is 0 Å². The molecular formula is C16H28O6. The number of carbonyl (C=O) groups excluding carboxylic acids is 2. The van der Waals surface area contributed by atoms with Crippen molar-refractivity contribution in [3.8, 4) is 0 Å². The van der Waals surface area contributed by atoms with E-state index in [2.05, 4.69) is 0 Å². The van der Waals surface area contributed by atoms with Gasteiger partial charge in [-0.25, -0.2) is 0 Å². The minimum absolute atomic E-state index is 0.0651. The van der Waals surface area contributed by atoms with Crippen LogP contribution in [0.5, 0.6) is 0 Å². The van der Waals surface area contributed by atoms with Crippen LogP contribution in [0.2, 0.25) is 0 Å². The fourth-order valence-corrected chi connectivity index (χ4v) is 2.68. The molecule has 6 heteroatoms. The maximum absolute atomic E-state index is 12.4. The lowest BCUT2D eigenvalue weighted by atomic mass is 9.74. The van der Waals surface area contributed by atoms with Crippen molar-refractivity contribution in [1.29, 1.82) is 0 Å². The van der Waals surface area contributed by atoms with Gasteiger partial charge in [0.1, 0.15) is 0 Å². The first-order valence-electron chi connectivity index (χ1n) is 8.23. The second-order valence-corrected chi connectivity index (χ2v) is 5.78. The summed E-state index contributed by atoms with van der Waals surface area (Å²) in [6.45, 7) is 0.572. The molecule has 1 rings (SSSR count). The second-order valence-electron chi connectivity index (χ2n) is 5.78. The number of ether oxygens (including phenoxy) is 2. The molecule has 0 atom stereocenters. The van der Waals surface area contributed by atoms with Crippen LogP contribution < -0.4 is 0 Å². The van der Waals surface area contributed by atoms with Gasteiger partial charge in [-0.05, 0) is 38.5 Å². The summed E-state index contributed by atoms with van der Waals surface area (Å²) >= 11 is 0. The molecule has 22 heavy (non-hydrogen) atoms. The van der Waals surface area contributed by atoms with Crippen LogP contribution in [0.4, 0.5) is 0 Å². The highest BCUT2D eigenvalue weighted by Gasteiger charge is 2.49. The summed E-state index contributed by atoms with van der Waals surface area (Å²) in [6, 6.07) is 0. The van der Waals surface area contributed by atoms with Crippen molar-refractivity contribution >= 4 is 11.9 Å². The normalized spacial score (nSPS) is 17.0. The Morgan fingerprint density at radius 1 is 0.773 bits per heavy atom. The Labute approximate surface area is 131 Å². The third-order valence-corrected chi connectivity index (χ3v) is 4.06. The molecule has 0 saturated heterocycles. The average Bonchev–Trinajstić information content (AvgIpc) is 2.55. The third-order valence-electron chi connectivity index (χ3n) is 4.06. The van der Waals surface area contributed by atoms with E-state index in [1.807, 2.05) is 0 Å². The van der Waals surface area contributed by atoms with Gasteiger partial charge in [0.25, 0.3) is 0 Å². The molecule has 0 aromatic carbocycles. The minimum atomic E-state index is -1.16. The van der Waals surface area contributed by atoms with Gasteiger partial charge in [0.15, 0.2) is 5.41 Å². The molecule has 0 radical (unpaired) electrons. The first kappa shape index (κ1) is 18.9. The van der Waals surface area contributed by atoms with Gasteiger partial charge in [-0.15, -0.1) is 0 Å². The molecule has 0 unspecified atom stereocenters. The number of hydrogen-bond acceptors (Lipinski definition) is 6. The molecule has 0 amide bonds. The van der Waals surface area contributed by atoms with E-state index in [-0.39, 0.29) is 26.4 Å². The fraction of sp³-hybridized carbons (Fsp3) is 0.875. The van der Waals surface area contributed by atoms with Crippen LogP contribution in [-0.4, -0.2) is 48.6 Å². The van der Waals surface area contributed by atoms with E-state index in [4.69, 9.17) is 19.7 Å². The van der Waals surface area contributed by atoms with Crippen molar-refractivity contribution in [1.82, 2.24) is 0 Å². The molecule has 1 aliphatic rings. The number of rotatable bonds is 10. The van der Waals surface area contributed by atoms with E-state index in [0.717, 1.165) is 19.3 Å². The van der Waals surface area contributed by atoms with Crippen LogP contribution in [0.3, 0.4) is 0 Å². The second kappa shape index (κ2) is 10.6. The minimum Gasteiger partial charge on any atom is -0.465 e. The molecule has 2 N–H and O–H groups in total. The third kappa shape index (κ3) is 5.57. The topological polar surface area (TPSA) is 93.1 Å². The Hall–Kier alpha value is -1.14. The van der Waals surface area contributed by atoms with Crippen LogP contribution in [0.25, 0.3) is 0 Å². The van der Waals surface area contributed by atoms with Crippen molar-refractivity contribution in [2.24, 2.45) is 5.41 Å². The smallest absolute Gasteiger partial charge is 0.323 e. The number of aliphatic hydroxyl groups excluding tert-OH is 2. The Kier molecular flexibility index (Phi) is 9.08. The molecule has 0 spiro atoms. The summed E-state index contributed by atoms with van der Waals surface area (Å²) in [4.78, 5) is 24.8. The zero-order chi connectivity index (χ0) is 16.3. The fourth-order valence-electron chi connectivity index (χ4n) is 2.68. The zero-order valence-electron chi connectivity index (χ0n) is 13.2. The Morgan fingerprint density at radius 3 is 1.64 bits per heavy atom. The molecule has 128 valence electrons. The van der Waals surface area contributed by atoms with Crippen molar-refractivity contribution in [2.45, 2.75) is 57.8 Å². The summed E-state index contributed by atoms with van der Waals surface area (Å²) in [6.07, 6.45) is 5.92. The summed E-state index contributed by atoms with van der Waals surface area (Å²) in [7, 11) is 0. The molecule has 6 nitrogen and oxygen atoms in total. The number of hydrogen-bond donors (Lipinski definition) is 2. The molecule has 1 fully saturated rings. The lowest BCUT2D eigenvalue weighted by molar-refractivity contribution is -0.175. The first-order valence-corrected chi connectivity index (χ1v) is 8.23. The lowest BCUT2D eigenvalue weighted by Crippen LogP contribution is -2.43. The molecule has 0 bridgehead atoms. The molecule has 1 aliphatic carbocycles. The Morgan fingerprint density at radius 2 is 1.23 bits per heavy atom. The predicted octanol–water partition coefficient (Wildman–Crippen LogP) is 1.57. The largest absolute Gasteiger partial charge is 0.465 e. The monoisotopic (exact) mass is 316 g/mol. The van der Waals surface area contributed by atoms with E-state index in [1.54, 1.807) is 0 Å². The maximum atomic E-state index is 12.4. The number of carbonyl (C=O) groups is 2. The standard InChI is InChI=1S/C16H28O6/c17-10-4-6-12-21-14(19)16(8-2-1-3-9-16)15(20)22-13-7-5-11-18/h17-18H,1-13H2. The summed E-state index contributed by atoms with van der Waals surface area (Å²) in [5.41, 5.74) is -1.16. The SMILES string of the molecule is O=C(OCCCCO)C1(C(=O)OCCCCO)CCCCC1. The van der Waals surface area contributed by atoms with E-state index < -0.39 is 17.4 Å². The van der Waals surface area contributed by atoms with Crippen LogP contribution in [0.15, 0.2) is 0 Å². The average molecular weight is 316 g/mol. The maximum Gasteiger partial charge on any atom is 0.323 e. The molecular weight excluding hydrogens is 288 g/mol. The van der Waals surface area contributed by atoms with Gasteiger partial charge in [0, 0.05) is 13.2 Å². The molecule has 0 aliphatic heterocycles. The van der Waals surface area contributed by atoms with Crippen LogP contribution in [0, 0.1) is 5.41 Å². The lowest BCUT2D eigenvalue weighted by Gasteiger charge is -2.32. The quantitative estimate of drug-likeness (QED) is 0.361. The van der Waals surface area contributed by atoms with Gasteiger partial charge < -0.3 is 19.7 Å². The van der Waals surface area contributed by atoms with Gasteiger partial charge in [-0.1, -0.05) is 19.3 Å². The van der Waals surface area contributed by atoms with Crippen LogP contribution in [-0.2, 0) is 19.1 Å². The first-order chi connectivity index (χ1) is 10.7. The van der Waals surface area contributed by atoms with Crippen molar-refractivity contribution < 1.29 is 29.3 Å². The molecule has 0 heterocycles. The predicted molar refractivity (Wildman–Crippen MR) is 80.1 cm³/mol. The van der Waals surface area contributed by atoms with Crippen molar-refractivity contribution in [3.63, 3.8) is 0 Å². The van der Waals surface area contributed by atoms with Crippen molar-refractivity contribution in [3.05, 3.63) is 0 Å². The Balaban J connectivity index is 2.56. The van der Waals surface area contributed by atoms with Crippen LogP contribution >= 0.6 is 0 Å². The highest BCUT2D eigenvalue weighted by molar-refractivity contribution is 6.00. The zero-order valence-corrected chi connectivity index (χ0v) is 13.2. The van der Waals surface area contributed by atoms with E-state index >= 15 is 0 Å². The van der Waals surface area contributed by atoms with E-state index in [0.29, 0.717) is 38.5 Å².